The summed E-state index contributed by atoms with van der Waals surface area (Å²) >= 11 is 5.52. The Morgan fingerprint density at radius 3 is 2.41 bits per heavy atom. The average molecular weight is 267 g/mol. The van der Waals surface area contributed by atoms with Gasteiger partial charge in [-0.25, -0.2) is 0 Å². The van der Waals surface area contributed by atoms with Crippen LogP contribution in [0, 0.1) is 5.92 Å². The van der Waals surface area contributed by atoms with Crippen LogP contribution in [0.4, 0.5) is 13.2 Å². The fraction of sp³-hybridized carbons (Fsp3) is 0.500. The molecular formula is C12H14ClF3O. The molecule has 0 saturated carbocycles. The van der Waals surface area contributed by atoms with E-state index in [1.807, 2.05) is 13.8 Å². The molecular weight excluding hydrogens is 253 g/mol. The second-order valence-electron chi connectivity index (χ2n) is 4.17. The van der Waals surface area contributed by atoms with Crippen molar-refractivity contribution in [3.05, 3.63) is 29.3 Å². The first kappa shape index (κ1) is 14.2. The van der Waals surface area contributed by atoms with E-state index >= 15 is 0 Å². The predicted molar refractivity (Wildman–Crippen MR) is 61.3 cm³/mol. The van der Waals surface area contributed by atoms with Gasteiger partial charge in [-0.2, -0.15) is 13.2 Å². The molecule has 96 valence electrons. The van der Waals surface area contributed by atoms with Gasteiger partial charge < -0.3 is 4.74 Å². The van der Waals surface area contributed by atoms with Gasteiger partial charge in [0.25, 0.3) is 0 Å². The Kier molecular flexibility index (Phi) is 4.69. The molecule has 0 aromatic heterocycles. The number of hydrogen-bond acceptors (Lipinski definition) is 1. The van der Waals surface area contributed by atoms with Gasteiger partial charge in [0.15, 0.2) is 0 Å². The van der Waals surface area contributed by atoms with Crippen molar-refractivity contribution < 1.29 is 17.9 Å². The Morgan fingerprint density at radius 1 is 1.29 bits per heavy atom. The van der Waals surface area contributed by atoms with Crippen LogP contribution in [0.1, 0.15) is 25.0 Å². The van der Waals surface area contributed by atoms with Crippen LogP contribution in [-0.4, -0.2) is 6.61 Å². The minimum absolute atomic E-state index is 0.0491. The molecule has 17 heavy (non-hydrogen) atoms. The van der Waals surface area contributed by atoms with Crippen LogP contribution >= 0.6 is 11.6 Å². The first-order chi connectivity index (χ1) is 7.84. The number of ether oxygens (including phenoxy) is 1. The number of benzene rings is 1. The smallest absolute Gasteiger partial charge is 0.419 e. The van der Waals surface area contributed by atoms with Crippen molar-refractivity contribution in [3.63, 3.8) is 0 Å². The molecule has 1 aromatic carbocycles. The minimum atomic E-state index is -4.42. The van der Waals surface area contributed by atoms with Gasteiger partial charge in [0.2, 0.25) is 0 Å². The van der Waals surface area contributed by atoms with Crippen molar-refractivity contribution in [2.75, 3.05) is 6.61 Å². The summed E-state index contributed by atoms with van der Waals surface area (Å²) in [4.78, 5) is 0. The first-order valence-electron chi connectivity index (χ1n) is 5.23. The van der Waals surface area contributed by atoms with Gasteiger partial charge in [-0.1, -0.05) is 19.9 Å². The molecule has 0 saturated heterocycles. The van der Waals surface area contributed by atoms with Gasteiger partial charge in [0.05, 0.1) is 12.2 Å². The van der Waals surface area contributed by atoms with Gasteiger partial charge in [-0.3, -0.25) is 0 Å². The molecule has 0 radical (unpaired) electrons. The molecule has 0 spiro atoms. The second kappa shape index (κ2) is 5.63. The van der Waals surface area contributed by atoms with Crippen LogP contribution in [0.5, 0.6) is 5.75 Å². The predicted octanol–water partition coefficient (Wildman–Crippen LogP) is 4.48. The molecule has 1 aromatic rings. The summed E-state index contributed by atoms with van der Waals surface area (Å²) in [6.45, 7) is 4.00. The number of hydrogen-bond donors (Lipinski definition) is 0. The van der Waals surface area contributed by atoms with Crippen LogP contribution in [0.3, 0.4) is 0 Å². The van der Waals surface area contributed by atoms with Gasteiger partial charge >= 0.3 is 6.18 Å². The minimum Gasteiger partial charge on any atom is -0.493 e. The third kappa shape index (κ3) is 4.11. The second-order valence-corrected chi connectivity index (χ2v) is 4.43. The van der Waals surface area contributed by atoms with E-state index < -0.39 is 11.7 Å². The fourth-order valence-electron chi connectivity index (χ4n) is 1.26. The van der Waals surface area contributed by atoms with E-state index in [9.17, 15) is 13.2 Å². The van der Waals surface area contributed by atoms with E-state index in [1.165, 1.54) is 12.1 Å². The normalized spacial score (nSPS) is 11.9. The maximum Gasteiger partial charge on any atom is 0.419 e. The monoisotopic (exact) mass is 266 g/mol. The highest BCUT2D eigenvalue weighted by atomic mass is 35.5. The first-order valence-corrected chi connectivity index (χ1v) is 5.77. The summed E-state index contributed by atoms with van der Waals surface area (Å²) in [5.74, 6) is 0.0805. The Bertz CT molecular complexity index is 375. The summed E-state index contributed by atoms with van der Waals surface area (Å²) in [5.41, 5.74) is -0.341. The number of halogens is 4. The molecule has 0 unspecified atom stereocenters. The largest absolute Gasteiger partial charge is 0.493 e. The van der Waals surface area contributed by atoms with Crippen molar-refractivity contribution in [1.82, 2.24) is 0 Å². The molecule has 0 aliphatic carbocycles. The Balaban J connectivity index is 3.03. The van der Waals surface area contributed by atoms with Gasteiger partial charge in [0.1, 0.15) is 5.75 Å². The van der Waals surface area contributed by atoms with Crippen molar-refractivity contribution in [3.8, 4) is 5.75 Å². The summed E-state index contributed by atoms with van der Waals surface area (Å²) in [6, 6.07) is 3.89. The zero-order valence-electron chi connectivity index (χ0n) is 9.64. The molecule has 0 heterocycles. The van der Waals surface area contributed by atoms with E-state index in [1.54, 1.807) is 0 Å². The van der Waals surface area contributed by atoms with E-state index in [-0.39, 0.29) is 24.2 Å². The standard InChI is InChI=1S/C12H14ClF3O/c1-8(2)7-17-11-4-3-9(6-13)5-10(11)12(14,15)16/h3-5,8H,6-7H2,1-2H3. The summed E-state index contributed by atoms with van der Waals surface area (Å²) in [6.07, 6.45) is -4.42. The van der Waals surface area contributed by atoms with Gasteiger partial charge in [-0.05, 0) is 23.6 Å². The molecule has 0 N–H and O–H groups in total. The Hall–Kier alpha value is -0.900. The molecule has 0 aliphatic heterocycles. The maximum atomic E-state index is 12.8. The Morgan fingerprint density at radius 2 is 1.94 bits per heavy atom. The molecule has 1 nitrogen and oxygen atoms in total. The summed E-state index contributed by atoms with van der Waals surface area (Å²) < 4.78 is 43.5. The number of alkyl halides is 4. The Labute approximate surface area is 104 Å². The quantitative estimate of drug-likeness (QED) is 0.730. The highest BCUT2D eigenvalue weighted by molar-refractivity contribution is 6.17. The molecule has 0 fully saturated rings. The zero-order valence-corrected chi connectivity index (χ0v) is 10.4. The summed E-state index contributed by atoms with van der Waals surface area (Å²) in [5, 5.41) is 0. The van der Waals surface area contributed by atoms with Crippen molar-refractivity contribution in [2.45, 2.75) is 25.9 Å². The lowest BCUT2D eigenvalue weighted by Gasteiger charge is -2.16. The van der Waals surface area contributed by atoms with E-state index in [4.69, 9.17) is 16.3 Å². The SMILES string of the molecule is CC(C)COc1ccc(CCl)cc1C(F)(F)F. The summed E-state index contributed by atoms with van der Waals surface area (Å²) in [7, 11) is 0. The van der Waals surface area contributed by atoms with Crippen molar-refractivity contribution >= 4 is 11.6 Å². The topological polar surface area (TPSA) is 9.23 Å². The molecule has 0 bridgehead atoms. The van der Waals surface area contributed by atoms with Crippen molar-refractivity contribution in [1.29, 1.82) is 0 Å². The van der Waals surface area contributed by atoms with Crippen LogP contribution < -0.4 is 4.74 Å². The maximum absolute atomic E-state index is 12.8. The highest BCUT2D eigenvalue weighted by Gasteiger charge is 2.34. The molecule has 5 heteroatoms. The average Bonchev–Trinajstić information content (AvgIpc) is 2.24. The lowest BCUT2D eigenvalue weighted by Crippen LogP contribution is -2.12. The third-order valence-electron chi connectivity index (χ3n) is 2.08. The lowest BCUT2D eigenvalue weighted by molar-refractivity contribution is -0.139. The van der Waals surface area contributed by atoms with E-state index in [0.29, 0.717) is 5.56 Å². The van der Waals surface area contributed by atoms with Gasteiger partial charge in [0, 0.05) is 5.88 Å². The van der Waals surface area contributed by atoms with Crippen LogP contribution in [0.25, 0.3) is 0 Å². The number of rotatable bonds is 4. The van der Waals surface area contributed by atoms with Crippen LogP contribution in [0.2, 0.25) is 0 Å². The molecule has 0 aliphatic rings. The van der Waals surface area contributed by atoms with Crippen molar-refractivity contribution in [2.24, 2.45) is 5.92 Å². The van der Waals surface area contributed by atoms with Crippen LogP contribution in [-0.2, 0) is 12.1 Å². The van der Waals surface area contributed by atoms with E-state index in [0.717, 1.165) is 6.07 Å². The fourth-order valence-corrected chi connectivity index (χ4v) is 1.43. The molecule has 1 rings (SSSR count). The van der Waals surface area contributed by atoms with E-state index in [2.05, 4.69) is 0 Å². The lowest BCUT2D eigenvalue weighted by atomic mass is 10.1. The zero-order chi connectivity index (χ0) is 13.1. The van der Waals surface area contributed by atoms with Gasteiger partial charge in [-0.15, -0.1) is 11.6 Å². The molecule has 0 atom stereocenters. The molecule has 0 amide bonds. The third-order valence-corrected chi connectivity index (χ3v) is 2.38. The van der Waals surface area contributed by atoms with Crippen LogP contribution in [0.15, 0.2) is 18.2 Å². The highest BCUT2D eigenvalue weighted by Crippen LogP contribution is 2.37.